The first kappa shape index (κ1) is 24.3. The number of aryl methyl sites for hydroxylation is 3. The second-order valence-electron chi connectivity index (χ2n) is 6.79. The van der Waals surface area contributed by atoms with Gasteiger partial charge in [-0.15, -0.1) is 10.2 Å². The van der Waals surface area contributed by atoms with Crippen LogP contribution in [0.15, 0.2) is 17.3 Å². The number of carbonyl (C=O) groups excluding carboxylic acids is 1. The highest BCUT2D eigenvalue weighted by molar-refractivity contribution is 7.99. The molecule has 10 nitrogen and oxygen atoms in total. The molecule has 1 N–H and O–H groups in total. The molecule has 0 aliphatic heterocycles. The zero-order valence-corrected chi connectivity index (χ0v) is 20.3. The van der Waals surface area contributed by atoms with Crippen LogP contribution in [-0.4, -0.2) is 41.1 Å². The Bertz CT molecular complexity index is 1200. The van der Waals surface area contributed by atoms with E-state index in [-0.39, 0.29) is 27.4 Å². The van der Waals surface area contributed by atoms with Gasteiger partial charge < -0.3 is 9.88 Å². The number of anilines is 1. The highest BCUT2D eigenvalue weighted by Crippen LogP contribution is 2.32. The lowest BCUT2D eigenvalue weighted by Gasteiger charge is -2.09. The zero-order valence-electron chi connectivity index (χ0n) is 17.2. The molecule has 3 rings (SSSR count). The van der Waals surface area contributed by atoms with E-state index in [1.54, 1.807) is 30.1 Å². The van der Waals surface area contributed by atoms with Gasteiger partial charge in [0.1, 0.15) is 17.2 Å². The largest absolute Gasteiger partial charge is 0.324 e. The second kappa shape index (κ2) is 10.1. The van der Waals surface area contributed by atoms with E-state index >= 15 is 0 Å². The van der Waals surface area contributed by atoms with Crippen LogP contribution in [0.2, 0.25) is 15.1 Å². The lowest BCUT2D eigenvalue weighted by Crippen LogP contribution is -2.15. The molecule has 2 heterocycles. The van der Waals surface area contributed by atoms with Crippen molar-refractivity contribution in [3.05, 3.63) is 54.5 Å². The molecular formula is C18H18Cl3N7O3S. The second-order valence-corrected chi connectivity index (χ2v) is 8.95. The Kier molecular flexibility index (Phi) is 7.65. The Morgan fingerprint density at radius 2 is 1.88 bits per heavy atom. The summed E-state index contributed by atoms with van der Waals surface area (Å²) in [7, 11) is 1.79. The van der Waals surface area contributed by atoms with Gasteiger partial charge in [-0.25, -0.2) is 0 Å². The van der Waals surface area contributed by atoms with E-state index in [0.717, 1.165) is 0 Å². The number of benzene rings is 1. The van der Waals surface area contributed by atoms with Gasteiger partial charge >= 0.3 is 5.69 Å². The normalized spacial score (nSPS) is 11.1. The van der Waals surface area contributed by atoms with E-state index in [2.05, 4.69) is 20.6 Å². The number of aromatic nitrogens is 5. The molecule has 0 spiro atoms. The zero-order chi connectivity index (χ0) is 23.6. The SMILES string of the molecule is Cc1nn(CCc2nnc(SCC(=O)Nc3cc(Cl)c(Cl)cc3Cl)n2C)c(C)c1[N+](=O)[O-]. The number of hydrogen-bond acceptors (Lipinski definition) is 7. The number of hydrogen-bond donors (Lipinski definition) is 1. The maximum Gasteiger partial charge on any atom is 0.312 e. The first-order valence-electron chi connectivity index (χ1n) is 9.22. The average molecular weight is 519 g/mol. The minimum Gasteiger partial charge on any atom is -0.324 e. The van der Waals surface area contributed by atoms with Crippen molar-refractivity contribution >= 4 is 63.8 Å². The lowest BCUT2D eigenvalue weighted by atomic mass is 10.3. The molecule has 0 radical (unpaired) electrons. The first-order valence-corrected chi connectivity index (χ1v) is 11.3. The minimum absolute atomic E-state index is 0.0206. The minimum atomic E-state index is -0.429. The molecule has 2 aromatic heterocycles. The van der Waals surface area contributed by atoms with E-state index in [0.29, 0.717) is 46.0 Å². The van der Waals surface area contributed by atoms with E-state index in [1.807, 2.05) is 0 Å². The van der Waals surface area contributed by atoms with Crippen molar-refractivity contribution in [3.8, 4) is 0 Å². The van der Waals surface area contributed by atoms with Gasteiger partial charge in [0.25, 0.3) is 0 Å². The maximum atomic E-state index is 12.3. The van der Waals surface area contributed by atoms with Gasteiger partial charge in [-0.2, -0.15) is 5.10 Å². The van der Waals surface area contributed by atoms with Gasteiger partial charge in [0.2, 0.25) is 5.91 Å². The summed E-state index contributed by atoms with van der Waals surface area (Å²) in [5.74, 6) is 0.442. The highest BCUT2D eigenvalue weighted by atomic mass is 35.5. The van der Waals surface area contributed by atoms with E-state index < -0.39 is 4.92 Å². The van der Waals surface area contributed by atoms with Crippen LogP contribution in [-0.2, 0) is 24.8 Å². The van der Waals surface area contributed by atoms with E-state index in [4.69, 9.17) is 34.8 Å². The summed E-state index contributed by atoms with van der Waals surface area (Å²) < 4.78 is 3.35. The number of halogens is 3. The van der Waals surface area contributed by atoms with Gasteiger partial charge in [0.15, 0.2) is 5.16 Å². The molecule has 170 valence electrons. The molecule has 0 aliphatic rings. The van der Waals surface area contributed by atoms with Crippen LogP contribution < -0.4 is 5.32 Å². The van der Waals surface area contributed by atoms with Gasteiger partial charge in [-0.1, -0.05) is 46.6 Å². The first-order chi connectivity index (χ1) is 15.1. The molecule has 32 heavy (non-hydrogen) atoms. The standard InChI is InChI=1S/C18H18Cl3N7O3S/c1-9-17(28(30)31)10(2)27(25-9)5-4-15-23-24-18(26(15)3)32-8-16(29)22-14-7-12(20)11(19)6-13(14)21/h6-7H,4-5,8H2,1-3H3,(H,22,29). The number of nitro groups is 1. The monoisotopic (exact) mass is 517 g/mol. The third-order valence-corrected chi connectivity index (χ3v) is 6.67. The molecule has 0 aliphatic carbocycles. The average Bonchev–Trinajstić information content (AvgIpc) is 3.21. The molecule has 0 saturated heterocycles. The summed E-state index contributed by atoms with van der Waals surface area (Å²) in [6.07, 6.45) is 0.467. The van der Waals surface area contributed by atoms with Crippen molar-refractivity contribution in [1.29, 1.82) is 0 Å². The van der Waals surface area contributed by atoms with Gasteiger partial charge in [0.05, 0.1) is 31.4 Å². The smallest absolute Gasteiger partial charge is 0.312 e. The quantitative estimate of drug-likeness (QED) is 0.202. The van der Waals surface area contributed by atoms with Crippen molar-refractivity contribution < 1.29 is 9.72 Å². The van der Waals surface area contributed by atoms with E-state index in [1.165, 1.54) is 23.9 Å². The Morgan fingerprint density at radius 1 is 1.19 bits per heavy atom. The lowest BCUT2D eigenvalue weighted by molar-refractivity contribution is -0.386. The Morgan fingerprint density at radius 3 is 2.53 bits per heavy atom. The fourth-order valence-electron chi connectivity index (χ4n) is 3.00. The fourth-order valence-corrected chi connectivity index (χ4v) is 4.32. The number of thioether (sulfide) groups is 1. The Hall–Kier alpha value is -2.34. The third kappa shape index (κ3) is 5.34. The third-order valence-electron chi connectivity index (χ3n) is 4.61. The van der Waals surface area contributed by atoms with Crippen LogP contribution in [0.5, 0.6) is 0 Å². The van der Waals surface area contributed by atoms with Crippen molar-refractivity contribution in [3.63, 3.8) is 0 Å². The predicted octanol–water partition coefficient (Wildman–Crippen LogP) is 4.47. The summed E-state index contributed by atoms with van der Waals surface area (Å²) in [6, 6.07) is 2.94. The molecule has 3 aromatic rings. The number of nitrogens with zero attached hydrogens (tertiary/aromatic N) is 6. The van der Waals surface area contributed by atoms with Crippen molar-refractivity contribution in [2.45, 2.75) is 32.0 Å². The molecule has 0 bridgehead atoms. The maximum absolute atomic E-state index is 12.3. The van der Waals surface area contributed by atoms with Crippen molar-refractivity contribution in [1.82, 2.24) is 24.5 Å². The summed E-state index contributed by atoms with van der Waals surface area (Å²) in [4.78, 5) is 23.0. The molecular weight excluding hydrogens is 501 g/mol. The Balaban J connectivity index is 1.59. The number of rotatable bonds is 8. The summed E-state index contributed by atoms with van der Waals surface area (Å²) in [5.41, 5.74) is 1.24. The van der Waals surface area contributed by atoms with Crippen LogP contribution in [0.25, 0.3) is 0 Å². The number of amides is 1. The molecule has 1 aromatic carbocycles. The molecule has 0 unspecified atom stereocenters. The topological polar surface area (TPSA) is 121 Å². The number of nitrogens with one attached hydrogen (secondary N) is 1. The van der Waals surface area contributed by atoms with E-state index in [9.17, 15) is 14.9 Å². The van der Waals surface area contributed by atoms with Crippen LogP contribution >= 0.6 is 46.6 Å². The van der Waals surface area contributed by atoms with Crippen LogP contribution in [0.4, 0.5) is 11.4 Å². The van der Waals surface area contributed by atoms with Gasteiger partial charge in [0, 0.05) is 20.0 Å². The highest BCUT2D eigenvalue weighted by Gasteiger charge is 2.22. The Labute approximate surface area is 202 Å². The van der Waals surface area contributed by atoms with Crippen molar-refractivity contribution in [2.75, 3.05) is 11.1 Å². The number of carbonyl (C=O) groups is 1. The molecule has 14 heteroatoms. The molecule has 0 fully saturated rings. The summed E-state index contributed by atoms with van der Waals surface area (Å²) in [6.45, 7) is 3.68. The van der Waals surface area contributed by atoms with Crippen LogP contribution in [0.1, 0.15) is 17.2 Å². The summed E-state index contributed by atoms with van der Waals surface area (Å²) in [5, 5.41) is 27.8. The molecule has 1 amide bonds. The van der Waals surface area contributed by atoms with Crippen LogP contribution in [0, 0.1) is 24.0 Å². The summed E-state index contributed by atoms with van der Waals surface area (Å²) >= 11 is 19.1. The van der Waals surface area contributed by atoms with Gasteiger partial charge in [-0.3, -0.25) is 19.6 Å². The predicted molar refractivity (Wildman–Crippen MR) is 124 cm³/mol. The molecule has 0 saturated carbocycles. The van der Waals surface area contributed by atoms with Gasteiger partial charge in [-0.05, 0) is 26.0 Å². The molecule has 0 atom stereocenters. The van der Waals surface area contributed by atoms with Crippen LogP contribution in [0.3, 0.4) is 0 Å². The van der Waals surface area contributed by atoms with Crippen molar-refractivity contribution in [2.24, 2.45) is 7.05 Å². The fraction of sp³-hybridized carbons (Fsp3) is 0.333.